The van der Waals surface area contributed by atoms with E-state index < -0.39 is 0 Å². The molecule has 0 saturated carbocycles. The Labute approximate surface area is 141 Å². The predicted molar refractivity (Wildman–Crippen MR) is 92.2 cm³/mol. The number of hydrogen-bond acceptors (Lipinski definition) is 6. The first-order valence-corrected chi connectivity index (χ1v) is 8.79. The molecule has 24 heavy (non-hydrogen) atoms. The molecule has 1 N–H and O–H groups in total. The maximum atomic E-state index is 9.53. The van der Waals surface area contributed by atoms with E-state index in [4.69, 9.17) is 0 Å². The Kier molecular flexibility index (Phi) is 4.34. The first-order chi connectivity index (χ1) is 11.8. The van der Waals surface area contributed by atoms with Crippen molar-refractivity contribution in [3.8, 4) is 0 Å². The molecular weight excluding hydrogens is 304 g/mol. The molecule has 2 aliphatic heterocycles. The number of aromatic nitrogens is 4. The number of aliphatic hydroxyl groups excluding tert-OH is 1. The van der Waals surface area contributed by atoms with Crippen LogP contribution >= 0.6 is 0 Å². The van der Waals surface area contributed by atoms with Crippen LogP contribution in [0.25, 0.3) is 0 Å². The average molecular weight is 328 g/mol. The predicted octanol–water partition coefficient (Wildman–Crippen LogP) is 1.48. The van der Waals surface area contributed by atoms with Crippen LogP contribution in [0.5, 0.6) is 0 Å². The number of anilines is 2. The molecule has 1 unspecified atom stereocenters. The second kappa shape index (κ2) is 6.76. The highest BCUT2D eigenvalue weighted by molar-refractivity contribution is 5.51. The monoisotopic (exact) mass is 328 g/mol. The van der Waals surface area contributed by atoms with Gasteiger partial charge in [-0.25, -0.2) is 9.97 Å². The lowest BCUT2D eigenvalue weighted by Crippen LogP contribution is -2.36. The van der Waals surface area contributed by atoms with Crippen LogP contribution in [-0.2, 0) is 0 Å². The van der Waals surface area contributed by atoms with Crippen molar-refractivity contribution < 1.29 is 5.11 Å². The highest BCUT2D eigenvalue weighted by Crippen LogP contribution is 2.28. The zero-order chi connectivity index (χ0) is 16.4. The van der Waals surface area contributed by atoms with E-state index in [1.54, 1.807) is 6.33 Å². The molecule has 7 nitrogen and oxygen atoms in total. The standard InChI is InChI=1S/C17H24N6O/c24-12-15-3-1-7-22(15)17-11-16(18-13-19-17)21-9-4-14(5-10-21)23-8-2-6-20-23/h2,6,8,11,13-15,24H,1,3-5,7,9-10,12H2. The van der Waals surface area contributed by atoms with Crippen LogP contribution in [-0.4, -0.2) is 57.1 Å². The second-order valence-corrected chi connectivity index (χ2v) is 6.61. The van der Waals surface area contributed by atoms with E-state index in [0.717, 1.165) is 57.0 Å². The Morgan fingerprint density at radius 3 is 2.67 bits per heavy atom. The lowest BCUT2D eigenvalue weighted by molar-refractivity contribution is 0.266. The first-order valence-electron chi connectivity index (χ1n) is 8.79. The SMILES string of the molecule is OCC1CCCN1c1cc(N2CCC(n3cccn3)CC2)ncn1. The molecule has 0 amide bonds. The van der Waals surface area contributed by atoms with Gasteiger partial charge in [0.05, 0.1) is 18.7 Å². The van der Waals surface area contributed by atoms with Crippen LogP contribution in [0.15, 0.2) is 30.9 Å². The molecule has 0 aromatic carbocycles. The van der Waals surface area contributed by atoms with Gasteiger partial charge in [-0.3, -0.25) is 4.68 Å². The largest absolute Gasteiger partial charge is 0.394 e. The Bertz CT molecular complexity index is 653. The average Bonchev–Trinajstić information content (AvgIpc) is 3.33. The summed E-state index contributed by atoms with van der Waals surface area (Å²) in [6.07, 6.45) is 9.83. The molecule has 128 valence electrons. The molecule has 0 radical (unpaired) electrons. The molecule has 4 heterocycles. The van der Waals surface area contributed by atoms with Crippen LogP contribution in [0.2, 0.25) is 0 Å². The summed E-state index contributed by atoms with van der Waals surface area (Å²) in [5.41, 5.74) is 0. The van der Waals surface area contributed by atoms with Crippen LogP contribution in [0.1, 0.15) is 31.7 Å². The Morgan fingerprint density at radius 1 is 1.08 bits per heavy atom. The molecular formula is C17H24N6O. The fraction of sp³-hybridized carbons (Fsp3) is 0.588. The molecule has 0 spiro atoms. The van der Waals surface area contributed by atoms with Crippen molar-refractivity contribution >= 4 is 11.6 Å². The summed E-state index contributed by atoms with van der Waals surface area (Å²) < 4.78 is 2.07. The van der Waals surface area contributed by atoms with Crippen molar-refractivity contribution in [2.24, 2.45) is 0 Å². The van der Waals surface area contributed by atoms with Gasteiger partial charge in [-0.15, -0.1) is 0 Å². The Morgan fingerprint density at radius 2 is 1.92 bits per heavy atom. The highest BCUT2D eigenvalue weighted by Gasteiger charge is 2.26. The van der Waals surface area contributed by atoms with Gasteiger partial charge >= 0.3 is 0 Å². The van der Waals surface area contributed by atoms with Crippen molar-refractivity contribution in [2.75, 3.05) is 36.0 Å². The smallest absolute Gasteiger partial charge is 0.134 e. The van der Waals surface area contributed by atoms with Gasteiger partial charge in [0.1, 0.15) is 18.0 Å². The zero-order valence-corrected chi connectivity index (χ0v) is 13.8. The summed E-state index contributed by atoms with van der Waals surface area (Å²) in [5, 5.41) is 13.9. The molecule has 2 saturated heterocycles. The molecule has 4 rings (SSSR count). The number of aliphatic hydroxyl groups is 1. The van der Waals surface area contributed by atoms with E-state index >= 15 is 0 Å². The number of hydrogen-bond donors (Lipinski definition) is 1. The van der Waals surface area contributed by atoms with Gasteiger partial charge < -0.3 is 14.9 Å². The third-order valence-electron chi connectivity index (χ3n) is 5.21. The van der Waals surface area contributed by atoms with Gasteiger partial charge in [0.15, 0.2) is 0 Å². The molecule has 2 aliphatic rings. The van der Waals surface area contributed by atoms with E-state index in [1.165, 1.54) is 0 Å². The summed E-state index contributed by atoms with van der Waals surface area (Å²) in [4.78, 5) is 13.4. The van der Waals surface area contributed by atoms with E-state index in [0.29, 0.717) is 6.04 Å². The molecule has 1 atom stereocenters. The van der Waals surface area contributed by atoms with E-state index in [1.807, 2.05) is 18.5 Å². The van der Waals surface area contributed by atoms with Crippen molar-refractivity contribution in [1.29, 1.82) is 0 Å². The lowest BCUT2D eigenvalue weighted by Gasteiger charge is -2.33. The van der Waals surface area contributed by atoms with E-state index in [9.17, 15) is 5.11 Å². The summed E-state index contributed by atoms with van der Waals surface area (Å²) in [6.45, 7) is 3.10. The van der Waals surface area contributed by atoms with Crippen molar-refractivity contribution in [3.63, 3.8) is 0 Å². The minimum Gasteiger partial charge on any atom is -0.394 e. The van der Waals surface area contributed by atoms with Gasteiger partial charge in [0, 0.05) is 38.1 Å². The third kappa shape index (κ3) is 2.96. The van der Waals surface area contributed by atoms with Gasteiger partial charge in [-0.2, -0.15) is 5.10 Å². The molecule has 2 aromatic heterocycles. The van der Waals surface area contributed by atoms with Gasteiger partial charge in [-0.1, -0.05) is 0 Å². The van der Waals surface area contributed by atoms with Crippen LogP contribution in [0.4, 0.5) is 11.6 Å². The topological polar surface area (TPSA) is 70.3 Å². The fourth-order valence-electron chi connectivity index (χ4n) is 3.85. The molecule has 2 aromatic rings. The first kappa shape index (κ1) is 15.4. The van der Waals surface area contributed by atoms with Gasteiger partial charge in [0.2, 0.25) is 0 Å². The second-order valence-electron chi connectivity index (χ2n) is 6.61. The van der Waals surface area contributed by atoms with Crippen molar-refractivity contribution in [2.45, 2.75) is 37.8 Å². The summed E-state index contributed by atoms with van der Waals surface area (Å²) in [6, 6.07) is 4.73. The number of piperidine rings is 1. The summed E-state index contributed by atoms with van der Waals surface area (Å²) in [7, 11) is 0. The molecule has 0 aliphatic carbocycles. The molecule has 7 heteroatoms. The number of rotatable bonds is 4. The van der Waals surface area contributed by atoms with Crippen LogP contribution in [0, 0.1) is 0 Å². The highest BCUT2D eigenvalue weighted by atomic mass is 16.3. The maximum absolute atomic E-state index is 9.53. The lowest BCUT2D eigenvalue weighted by atomic mass is 10.1. The van der Waals surface area contributed by atoms with Gasteiger partial charge in [-0.05, 0) is 31.7 Å². The Hall–Kier alpha value is -2.15. The van der Waals surface area contributed by atoms with Gasteiger partial charge in [0.25, 0.3) is 0 Å². The quantitative estimate of drug-likeness (QED) is 0.917. The van der Waals surface area contributed by atoms with E-state index in [2.05, 4.69) is 35.6 Å². The van der Waals surface area contributed by atoms with Crippen molar-refractivity contribution in [3.05, 3.63) is 30.9 Å². The summed E-state index contributed by atoms with van der Waals surface area (Å²) >= 11 is 0. The number of nitrogens with zero attached hydrogens (tertiary/aromatic N) is 6. The van der Waals surface area contributed by atoms with Crippen LogP contribution in [0.3, 0.4) is 0 Å². The third-order valence-corrected chi connectivity index (χ3v) is 5.21. The summed E-state index contributed by atoms with van der Waals surface area (Å²) in [5.74, 6) is 1.92. The normalized spacial score (nSPS) is 22.3. The fourth-order valence-corrected chi connectivity index (χ4v) is 3.85. The van der Waals surface area contributed by atoms with Crippen LogP contribution < -0.4 is 9.80 Å². The van der Waals surface area contributed by atoms with Crippen molar-refractivity contribution in [1.82, 2.24) is 19.7 Å². The minimum atomic E-state index is 0.189. The molecule has 2 fully saturated rings. The van der Waals surface area contributed by atoms with E-state index in [-0.39, 0.29) is 12.6 Å². The molecule has 0 bridgehead atoms. The minimum absolute atomic E-state index is 0.189. The zero-order valence-electron chi connectivity index (χ0n) is 13.8. The maximum Gasteiger partial charge on any atom is 0.134 e. The Balaban J connectivity index is 1.45.